The standard InChI is InChI=1S/C15H20N2O/c1-2-16-11-9-14(17-10-5-8-15(17)18)12-6-3-4-7-13(12)16/h3-4,6-7,14H,2,5,8-11H2,1H3. The first-order chi connectivity index (χ1) is 8.81. The molecule has 3 rings (SSSR count). The van der Waals surface area contributed by atoms with Crippen LogP contribution < -0.4 is 4.90 Å². The largest absolute Gasteiger partial charge is 0.371 e. The van der Waals surface area contributed by atoms with Gasteiger partial charge < -0.3 is 9.80 Å². The van der Waals surface area contributed by atoms with Gasteiger partial charge in [-0.15, -0.1) is 0 Å². The van der Waals surface area contributed by atoms with Crippen molar-refractivity contribution < 1.29 is 4.79 Å². The van der Waals surface area contributed by atoms with E-state index < -0.39 is 0 Å². The molecule has 3 nitrogen and oxygen atoms in total. The topological polar surface area (TPSA) is 23.6 Å². The molecule has 0 saturated carbocycles. The van der Waals surface area contributed by atoms with E-state index in [2.05, 4.69) is 41.0 Å². The highest BCUT2D eigenvalue weighted by atomic mass is 16.2. The lowest BCUT2D eigenvalue weighted by molar-refractivity contribution is -0.130. The van der Waals surface area contributed by atoms with Crippen LogP contribution in [0.25, 0.3) is 0 Å². The molecular formula is C15H20N2O. The Balaban J connectivity index is 1.96. The number of rotatable bonds is 2. The Morgan fingerprint density at radius 2 is 2.11 bits per heavy atom. The van der Waals surface area contributed by atoms with Gasteiger partial charge in [0.25, 0.3) is 0 Å². The molecule has 18 heavy (non-hydrogen) atoms. The first-order valence-corrected chi connectivity index (χ1v) is 6.94. The van der Waals surface area contributed by atoms with Crippen molar-refractivity contribution in [2.75, 3.05) is 24.5 Å². The third-order valence-electron chi connectivity index (χ3n) is 4.18. The molecule has 0 spiro atoms. The average molecular weight is 244 g/mol. The van der Waals surface area contributed by atoms with Gasteiger partial charge in [0.2, 0.25) is 5.91 Å². The molecule has 2 aliphatic heterocycles. The number of carbonyl (C=O) groups is 1. The predicted octanol–water partition coefficient (Wildman–Crippen LogP) is 2.58. The average Bonchev–Trinajstić information content (AvgIpc) is 2.83. The van der Waals surface area contributed by atoms with E-state index in [0.717, 1.165) is 38.9 Å². The summed E-state index contributed by atoms with van der Waals surface area (Å²) in [6.45, 7) is 5.22. The molecule has 0 aromatic heterocycles. The number of benzene rings is 1. The summed E-state index contributed by atoms with van der Waals surface area (Å²) >= 11 is 0. The Bertz CT molecular complexity index is 458. The second-order valence-electron chi connectivity index (χ2n) is 5.13. The SMILES string of the molecule is CCN1CCC(N2CCCC2=O)c2ccccc21. The highest BCUT2D eigenvalue weighted by Crippen LogP contribution is 2.38. The molecule has 0 radical (unpaired) electrons. The van der Waals surface area contributed by atoms with Crippen molar-refractivity contribution in [2.24, 2.45) is 0 Å². The van der Waals surface area contributed by atoms with Gasteiger partial charge in [0, 0.05) is 31.7 Å². The number of hydrogen-bond donors (Lipinski definition) is 0. The molecule has 1 unspecified atom stereocenters. The van der Waals surface area contributed by atoms with Gasteiger partial charge >= 0.3 is 0 Å². The Morgan fingerprint density at radius 3 is 2.83 bits per heavy atom. The Labute approximate surface area is 108 Å². The maximum Gasteiger partial charge on any atom is 0.223 e. The van der Waals surface area contributed by atoms with Crippen molar-refractivity contribution in [1.82, 2.24) is 4.90 Å². The van der Waals surface area contributed by atoms with Gasteiger partial charge in [-0.3, -0.25) is 4.79 Å². The summed E-state index contributed by atoms with van der Waals surface area (Å²) in [7, 11) is 0. The van der Waals surface area contributed by atoms with Crippen LogP contribution in [0.2, 0.25) is 0 Å². The number of para-hydroxylation sites is 1. The van der Waals surface area contributed by atoms with Crippen LogP contribution >= 0.6 is 0 Å². The van der Waals surface area contributed by atoms with Crippen molar-refractivity contribution >= 4 is 11.6 Å². The number of carbonyl (C=O) groups excluding carboxylic acids is 1. The molecule has 1 saturated heterocycles. The molecule has 1 fully saturated rings. The van der Waals surface area contributed by atoms with E-state index in [1.807, 2.05) is 0 Å². The third kappa shape index (κ3) is 1.78. The van der Waals surface area contributed by atoms with Crippen LogP contribution in [0, 0.1) is 0 Å². The second kappa shape index (κ2) is 4.63. The van der Waals surface area contributed by atoms with E-state index in [1.54, 1.807) is 0 Å². The Hall–Kier alpha value is -1.51. The molecule has 1 amide bonds. The fraction of sp³-hybridized carbons (Fsp3) is 0.533. The van der Waals surface area contributed by atoms with Crippen LogP contribution in [0.5, 0.6) is 0 Å². The summed E-state index contributed by atoms with van der Waals surface area (Å²) in [5.74, 6) is 0.333. The highest BCUT2D eigenvalue weighted by molar-refractivity contribution is 5.79. The van der Waals surface area contributed by atoms with Gasteiger partial charge in [-0.05, 0) is 31.4 Å². The molecule has 2 aliphatic rings. The number of hydrogen-bond acceptors (Lipinski definition) is 2. The van der Waals surface area contributed by atoms with E-state index in [0.29, 0.717) is 11.9 Å². The van der Waals surface area contributed by atoms with Gasteiger partial charge in [0.1, 0.15) is 0 Å². The van der Waals surface area contributed by atoms with Gasteiger partial charge in [0.05, 0.1) is 6.04 Å². The minimum absolute atomic E-state index is 0.305. The smallest absolute Gasteiger partial charge is 0.223 e. The van der Waals surface area contributed by atoms with Crippen LogP contribution in [0.4, 0.5) is 5.69 Å². The minimum atomic E-state index is 0.305. The summed E-state index contributed by atoms with van der Waals surface area (Å²) in [5, 5.41) is 0. The van der Waals surface area contributed by atoms with Gasteiger partial charge in [0.15, 0.2) is 0 Å². The third-order valence-corrected chi connectivity index (χ3v) is 4.18. The molecule has 2 heterocycles. The van der Waals surface area contributed by atoms with E-state index in [4.69, 9.17) is 0 Å². The van der Waals surface area contributed by atoms with Crippen LogP contribution in [0.1, 0.15) is 37.8 Å². The zero-order chi connectivity index (χ0) is 12.5. The second-order valence-corrected chi connectivity index (χ2v) is 5.13. The number of likely N-dealkylation sites (tertiary alicyclic amines) is 1. The molecule has 0 N–H and O–H groups in total. The number of amides is 1. The van der Waals surface area contributed by atoms with Gasteiger partial charge in [-0.1, -0.05) is 18.2 Å². The lowest BCUT2D eigenvalue weighted by Gasteiger charge is -2.39. The molecule has 3 heteroatoms. The lowest BCUT2D eigenvalue weighted by atomic mass is 9.95. The van der Waals surface area contributed by atoms with Crippen molar-refractivity contribution in [3.63, 3.8) is 0 Å². The molecule has 96 valence electrons. The van der Waals surface area contributed by atoms with E-state index >= 15 is 0 Å². The zero-order valence-electron chi connectivity index (χ0n) is 10.9. The lowest BCUT2D eigenvalue weighted by Crippen LogP contribution is -2.38. The highest BCUT2D eigenvalue weighted by Gasteiger charge is 2.33. The van der Waals surface area contributed by atoms with Gasteiger partial charge in [-0.25, -0.2) is 0 Å². The van der Waals surface area contributed by atoms with Gasteiger partial charge in [-0.2, -0.15) is 0 Å². The van der Waals surface area contributed by atoms with Crippen LogP contribution in [0.15, 0.2) is 24.3 Å². The van der Waals surface area contributed by atoms with E-state index in [9.17, 15) is 4.79 Å². The molecular weight excluding hydrogens is 224 g/mol. The maximum absolute atomic E-state index is 11.9. The number of nitrogens with zero attached hydrogens (tertiary/aromatic N) is 2. The minimum Gasteiger partial charge on any atom is -0.371 e. The molecule has 1 aromatic carbocycles. The number of anilines is 1. The fourth-order valence-electron chi connectivity index (χ4n) is 3.26. The monoisotopic (exact) mass is 244 g/mol. The van der Waals surface area contributed by atoms with Crippen molar-refractivity contribution in [1.29, 1.82) is 0 Å². The molecule has 1 aromatic rings. The first kappa shape index (κ1) is 11.6. The summed E-state index contributed by atoms with van der Waals surface area (Å²) < 4.78 is 0. The number of fused-ring (bicyclic) bond motifs is 1. The van der Waals surface area contributed by atoms with Crippen molar-refractivity contribution in [3.05, 3.63) is 29.8 Å². The van der Waals surface area contributed by atoms with E-state index in [-0.39, 0.29) is 0 Å². The van der Waals surface area contributed by atoms with E-state index in [1.165, 1.54) is 11.3 Å². The summed E-state index contributed by atoms with van der Waals surface area (Å²) in [4.78, 5) is 16.4. The van der Waals surface area contributed by atoms with Crippen molar-refractivity contribution in [3.8, 4) is 0 Å². The van der Waals surface area contributed by atoms with Crippen LogP contribution in [-0.2, 0) is 4.79 Å². The molecule has 0 aliphatic carbocycles. The normalized spacial score (nSPS) is 23.4. The Kier molecular flexibility index (Phi) is 2.98. The zero-order valence-corrected chi connectivity index (χ0v) is 10.9. The van der Waals surface area contributed by atoms with Crippen LogP contribution in [0.3, 0.4) is 0 Å². The predicted molar refractivity (Wildman–Crippen MR) is 72.6 cm³/mol. The van der Waals surface area contributed by atoms with Crippen LogP contribution in [-0.4, -0.2) is 30.4 Å². The summed E-state index contributed by atoms with van der Waals surface area (Å²) in [6.07, 6.45) is 2.82. The molecule has 0 bridgehead atoms. The summed E-state index contributed by atoms with van der Waals surface area (Å²) in [5.41, 5.74) is 2.65. The first-order valence-electron chi connectivity index (χ1n) is 6.94. The fourth-order valence-corrected chi connectivity index (χ4v) is 3.26. The maximum atomic E-state index is 11.9. The summed E-state index contributed by atoms with van der Waals surface area (Å²) in [6, 6.07) is 8.86. The molecule has 1 atom stereocenters. The van der Waals surface area contributed by atoms with Crippen molar-refractivity contribution in [2.45, 2.75) is 32.2 Å². The Morgan fingerprint density at radius 1 is 1.28 bits per heavy atom. The quantitative estimate of drug-likeness (QED) is 0.798.